The van der Waals surface area contributed by atoms with Crippen LogP contribution in [0.5, 0.6) is 0 Å². The first-order chi connectivity index (χ1) is 11.2. The van der Waals surface area contributed by atoms with Gasteiger partial charge in [0, 0.05) is 19.5 Å². The summed E-state index contributed by atoms with van der Waals surface area (Å²) in [5.41, 5.74) is 1.89. The second-order valence-electron chi connectivity index (χ2n) is 7.69. The molecule has 1 aromatic rings. The molecule has 1 aliphatic rings. The van der Waals surface area contributed by atoms with Crippen molar-refractivity contribution in [3.8, 4) is 0 Å². The SMILES string of the molecule is Cc1ccc(CN2C(=O)CCC2C(=O)NCC(O)C(C)(C)C)cc1. The van der Waals surface area contributed by atoms with E-state index in [9.17, 15) is 14.7 Å². The van der Waals surface area contributed by atoms with Gasteiger partial charge in [-0.15, -0.1) is 0 Å². The fourth-order valence-corrected chi connectivity index (χ4v) is 2.72. The van der Waals surface area contributed by atoms with Gasteiger partial charge in [-0.2, -0.15) is 0 Å². The van der Waals surface area contributed by atoms with Gasteiger partial charge in [0.15, 0.2) is 0 Å². The maximum atomic E-state index is 12.5. The molecule has 2 rings (SSSR count). The number of amides is 2. The highest BCUT2D eigenvalue weighted by Crippen LogP contribution is 2.22. The number of carbonyl (C=O) groups is 2. The van der Waals surface area contributed by atoms with Crippen molar-refractivity contribution in [1.82, 2.24) is 10.2 Å². The number of carbonyl (C=O) groups excluding carboxylic acids is 2. The van der Waals surface area contributed by atoms with Crippen LogP contribution in [0, 0.1) is 12.3 Å². The number of likely N-dealkylation sites (tertiary alicyclic amines) is 1. The molecule has 1 aromatic carbocycles. The first kappa shape index (κ1) is 18.5. The van der Waals surface area contributed by atoms with Crippen molar-refractivity contribution in [3.63, 3.8) is 0 Å². The quantitative estimate of drug-likeness (QED) is 0.866. The number of benzene rings is 1. The highest BCUT2D eigenvalue weighted by Gasteiger charge is 2.36. The molecule has 0 aliphatic carbocycles. The molecule has 1 fully saturated rings. The van der Waals surface area contributed by atoms with Crippen molar-refractivity contribution in [1.29, 1.82) is 0 Å². The second-order valence-corrected chi connectivity index (χ2v) is 7.69. The van der Waals surface area contributed by atoms with Crippen molar-refractivity contribution in [3.05, 3.63) is 35.4 Å². The fourth-order valence-electron chi connectivity index (χ4n) is 2.72. The molecule has 1 aliphatic heterocycles. The van der Waals surface area contributed by atoms with E-state index in [1.807, 2.05) is 52.0 Å². The summed E-state index contributed by atoms with van der Waals surface area (Å²) >= 11 is 0. The Labute approximate surface area is 144 Å². The number of aryl methyl sites for hydroxylation is 1. The van der Waals surface area contributed by atoms with Gasteiger partial charge in [0.1, 0.15) is 6.04 Å². The van der Waals surface area contributed by atoms with Crippen LogP contribution in [0.25, 0.3) is 0 Å². The molecule has 24 heavy (non-hydrogen) atoms. The first-order valence-corrected chi connectivity index (χ1v) is 8.49. The minimum absolute atomic E-state index is 0.00657. The van der Waals surface area contributed by atoms with Gasteiger partial charge in [-0.3, -0.25) is 9.59 Å². The fraction of sp³-hybridized carbons (Fsp3) is 0.579. The molecular weight excluding hydrogens is 304 g/mol. The topological polar surface area (TPSA) is 69.6 Å². The van der Waals surface area contributed by atoms with E-state index in [-0.39, 0.29) is 23.8 Å². The van der Waals surface area contributed by atoms with Crippen molar-refractivity contribution < 1.29 is 14.7 Å². The maximum Gasteiger partial charge on any atom is 0.242 e. The van der Waals surface area contributed by atoms with Gasteiger partial charge in [-0.25, -0.2) is 0 Å². The number of rotatable bonds is 5. The molecule has 0 radical (unpaired) electrons. The van der Waals surface area contributed by atoms with Gasteiger partial charge in [0.05, 0.1) is 6.10 Å². The van der Waals surface area contributed by atoms with Gasteiger partial charge in [-0.05, 0) is 24.3 Å². The Balaban J connectivity index is 1.98. The number of hydrogen-bond acceptors (Lipinski definition) is 3. The van der Waals surface area contributed by atoms with E-state index >= 15 is 0 Å². The van der Waals surface area contributed by atoms with Crippen LogP contribution in [0.4, 0.5) is 0 Å². The van der Waals surface area contributed by atoms with Crippen molar-refractivity contribution in [2.75, 3.05) is 6.54 Å². The standard InChI is InChI=1S/C19H28N2O3/c1-13-5-7-14(8-6-13)12-21-15(9-10-17(21)23)18(24)20-11-16(22)19(2,3)4/h5-8,15-16,22H,9-12H2,1-4H3,(H,20,24). The number of nitrogens with zero attached hydrogens (tertiary/aromatic N) is 1. The number of aliphatic hydroxyl groups excluding tert-OH is 1. The molecule has 2 N–H and O–H groups in total. The summed E-state index contributed by atoms with van der Waals surface area (Å²) < 4.78 is 0. The summed E-state index contributed by atoms with van der Waals surface area (Å²) in [6, 6.07) is 7.53. The third-order valence-corrected chi connectivity index (χ3v) is 4.57. The summed E-state index contributed by atoms with van der Waals surface area (Å²) in [7, 11) is 0. The molecule has 0 bridgehead atoms. The summed E-state index contributed by atoms with van der Waals surface area (Å²) in [4.78, 5) is 26.3. The van der Waals surface area contributed by atoms with Crippen LogP contribution < -0.4 is 5.32 Å². The average Bonchev–Trinajstić information content (AvgIpc) is 2.87. The zero-order chi connectivity index (χ0) is 17.9. The minimum Gasteiger partial charge on any atom is -0.391 e. The second kappa shape index (κ2) is 7.34. The molecule has 2 atom stereocenters. The maximum absolute atomic E-state index is 12.5. The summed E-state index contributed by atoms with van der Waals surface area (Å²) in [5.74, 6) is -0.177. The summed E-state index contributed by atoms with van der Waals surface area (Å²) in [5, 5.41) is 12.9. The van der Waals surface area contributed by atoms with Gasteiger partial charge >= 0.3 is 0 Å². The molecule has 0 spiro atoms. The highest BCUT2D eigenvalue weighted by atomic mass is 16.3. The van der Waals surface area contributed by atoms with E-state index in [4.69, 9.17) is 0 Å². The van der Waals surface area contributed by atoms with E-state index < -0.39 is 12.1 Å². The Morgan fingerprint density at radius 1 is 1.33 bits per heavy atom. The van der Waals surface area contributed by atoms with E-state index in [1.165, 1.54) is 0 Å². The van der Waals surface area contributed by atoms with Gasteiger partial charge in [0.2, 0.25) is 11.8 Å². The minimum atomic E-state index is -0.621. The van der Waals surface area contributed by atoms with Crippen molar-refractivity contribution in [2.24, 2.45) is 5.41 Å². The molecule has 1 heterocycles. The van der Waals surface area contributed by atoms with Crippen LogP contribution in [-0.2, 0) is 16.1 Å². The molecule has 2 unspecified atom stereocenters. The Kier molecular flexibility index (Phi) is 5.65. The van der Waals surface area contributed by atoms with Gasteiger partial charge in [-0.1, -0.05) is 50.6 Å². The number of hydrogen-bond donors (Lipinski definition) is 2. The molecule has 1 saturated heterocycles. The lowest BCUT2D eigenvalue weighted by Crippen LogP contribution is -2.47. The third-order valence-electron chi connectivity index (χ3n) is 4.57. The molecule has 0 saturated carbocycles. The zero-order valence-corrected chi connectivity index (χ0v) is 15.0. The Hall–Kier alpha value is -1.88. The van der Waals surface area contributed by atoms with Gasteiger partial charge in [0.25, 0.3) is 0 Å². The molecule has 0 aromatic heterocycles. The predicted octanol–water partition coefficient (Wildman–Crippen LogP) is 2.01. The van der Waals surface area contributed by atoms with Crippen LogP contribution in [0.1, 0.15) is 44.7 Å². The lowest BCUT2D eigenvalue weighted by atomic mass is 9.89. The smallest absolute Gasteiger partial charge is 0.242 e. The van der Waals surface area contributed by atoms with E-state index in [0.29, 0.717) is 19.4 Å². The Morgan fingerprint density at radius 2 is 1.96 bits per heavy atom. The van der Waals surface area contributed by atoms with Crippen LogP contribution in [0.2, 0.25) is 0 Å². The highest BCUT2D eigenvalue weighted by molar-refractivity contribution is 5.90. The molecular formula is C19H28N2O3. The molecule has 5 nitrogen and oxygen atoms in total. The molecule has 2 amide bonds. The molecule has 5 heteroatoms. The van der Waals surface area contributed by atoms with Crippen LogP contribution >= 0.6 is 0 Å². The van der Waals surface area contributed by atoms with E-state index in [0.717, 1.165) is 11.1 Å². The first-order valence-electron chi connectivity index (χ1n) is 8.49. The summed E-state index contributed by atoms with van der Waals surface area (Å²) in [6.07, 6.45) is 0.303. The van der Waals surface area contributed by atoms with Crippen LogP contribution in [0.3, 0.4) is 0 Å². The van der Waals surface area contributed by atoms with Crippen LogP contribution in [0.15, 0.2) is 24.3 Å². The van der Waals surface area contributed by atoms with E-state index in [2.05, 4.69) is 5.32 Å². The Bertz CT molecular complexity index is 590. The monoisotopic (exact) mass is 332 g/mol. The normalized spacial score (nSPS) is 19.5. The number of nitrogens with one attached hydrogen (secondary N) is 1. The Morgan fingerprint density at radius 3 is 2.54 bits per heavy atom. The van der Waals surface area contributed by atoms with Crippen molar-refractivity contribution >= 4 is 11.8 Å². The van der Waals surface area contributed by atoms with Gasteiger partial charge < -0.3 is 15.3 Å². The third kappa shape index (κ3) is 4.57. The largest absolute Gasteiger partial charge is 0.391 e. The molecule has 132 valence electrons. The number of aliphatic hydroxyl groups is 1. The van der Waals surface area contributed by atoms with Crippen LogP contribution in [-0.4, -0.2) is 40.5 Å². The lowest BCUT2D eigenvalue weighted by molar-refractivity contribution is -0.136. The summed E-state index contributed by atoms with van der Waals surface area (Å²) in [6.45, 7) is 8.43. The average molecular weight is 332 g/mol. The lowest BCUT2D eigenvalue weighted by Gasteiger charge is -2.28. The van der Waals surface area contributed by atoms with E-state index in [1.54, 1.807) is 4.90 Å². The van der Waals surface area contributed by atoms with Crippen molar-refractivity contribution in [2.45, 2.75) is 59.2 Å². The zero-order valence-electron chi connectivity index (χ0n) is 15.0. The predicted molar refractivity (Wildman–Crippen MR) is 93.2 cm³/mol.